The second kappa shape index (κ2) is 10.5. The van der Waals surface area contributed by atoms with Crippen LogP contribution in [0.1, 0.15) is 0 Å². The molecule has 0 bridgehead atoms. The van der Waals surface area contributed by atoms with Gasteiger partial charge in [-0.15, -0.1) is 10.2 Å². The Morgan fingerprint density at radius 1 is 0.585 bits per heavy atom. The van der Waals surface area contributed by atoms with Crippen LogP contribution in [0.5, 0.6) is 0 Å². The zero-order valence-corrected chi connectivity index (χ0v) is 18.7. The third kappa shape index (κ3) is 4.82. The Morgan fingerprint density at radius 3 is 1.15 bits per heavy atom. The quantitative estimate of drug-likeness (QED) is 0.104. The molecule has 0 aliphatic heterocycles. The average Bonchev–Trinajstić information content (AvgIpc) is 3.36. The number of nitrogens with zero attached hydrogens (tertiary/aromatic N) is 14. The normalized spacial score (nSPS) is 10.1. The minimum Gasteiger partial charge on any atom is -0.415 e. The highest BCUT2D eigenvalue weighted by Crippen LogP contribution is 2.52. The Labute approximate surface area is 217 Å². The number of hydrogen-bond acceptors (Lipinski definition) is 17. The zero-order chi connectivity index (χ0) is 30.8. The molecule has 0 unspecified atom stereocenters. The number of hydrogen-bond donors (Lipinski definition) is 0. The maximum atomic E-state index is 11.8. The van der Waals surface area contributed by atoms with Crippen LogP contribution in [-0.2, 0) is 0 Å². The molecule has 0 atom stereocenters. The number of nitro benzene ring substituents is 6. The smallest absolute Gasteiger partial charge is 0.305 e. The summed E-state index contributed by atoms with van der Waals surface area (Å²) in [6.45, 7) is 0. The minimum absolute atomic E-state index is 0.132. The van der Waals surface area contributed by atoms with Crippen LogP contribution in [0.25, 0.3) is 43.8 Å². The molecule has 0 saturated heterocycles. The Balaban J connectivity index is 2.56. The Kier molecular flexibility index (Phi) is 7.24. The largest absolute Gasteiger partial charge is 0.415 e. The molecule has 1 aromatic heterocycles. The molecule has 3 aromatic rings. The van der Waals surface area contributed by atoms with Crippen LogP contribution >= 0.6 is 0 Å². The van der Waals surface area contributed by atoms with Crippen molar-refractivity contribution in [1.82, 2.24) is 10.2 Å². The first-order valence-electron chi connectivity index (χ1n) is 9.49. The third-order valence-electron chi connectivity index (χ3n) is 4.76. The standard InChI is InChI=1S/C14H2N14O13/c15-21-17-9-5(25(33)34)1-3(23(29)30)7(11(9)27(37)38)13-19-20-14(41-13)8-4(24(31)32)2-6(26(35)36)10(18-22-16)12(8)28(39)40/h1-2H. The van der Waals surface area contributed by atoms with Gasteiger partial charge in [0.25, 0.3) is 34.5 Å². The fourth-order valence-corrected chi connectivity index (χ4v) is 3.32. The van der Waals surface area contributed by atoms with Gasteiger partial charge in [0, 0.05) is 9.82 Å². The maximum Gasteiger partial charge on any atom is 0.305 e. The summed E-state index contributed by atoms with van der Waals surface area (Å²) in [5.41, 5.74) is 3.20. The van der Waals surface area contributed by atoms with Crippen LogP contribution in [0.2, 0.25) is 0 Å². The van der Waals surface area contributed by atoms with E-state index in [1.807, 2.05) is 0 Å². The molecule has 0 aliphatic carbocycles. The predicted molar refractivity (Wildman–Crippen MR) is 123 cm³/mol. The van der Waals surface area contributed by atoms with Crippen molar-refractivity contribution in [2.75, 3.05) is 0 Å². The Bertz CT molecular complexity index is 1700. The average molecular weight is 574 g/mol. The Morgan fingerprint density at radius 2 is 0.902 bits per heavy atom. The number of benzene rings is 2. The highest BCUT2D eigenvalue weighted by Gasteiger charge is 2.42. The SMILES string of the molecule is [N-]=[N+]=Nc1c([N+](=O)[O-])cc([N+](=O)[O-])c(-c2nnc(-c3c([N+](=O)[O-])cc([N+](=O)[O-])c(N=[N+]=[N-])c3[N+](=O)[O-])o2)c1[N+](=O)[O-]. The van der Waals surface area contributed by atoms with E-state index < -0.39 is 97.9 Å². The van der Waals surface area contributed by atoms with E-state index in [2.05, 4.69) is 30.2 Å². The predicted octanol–water partition coefficient (Wildman–Crippen LogP) is 4.74. The van der Waals surface area contributed by atoms with Gasteiger partial charge in [0.1, 0.15) is 0 Å². The van der Waals surface area contributed by atoms with Crippen LogP contribution in [0.15, 0.2) is 26.8 Å². The van der Waals surface area contributed by atoms with E-state index in [1.165, 1.54) is 0 Å². The zero-order valence-electron chi connectivity index (χ0n) is 18.7. The first-order valence-corrected chi connectivity index (χ1v) is 9.49. The number of nitro groups is 6. The van der Waals surface area contributed by atoms with E-state index in [-0.39, 0.29) is 12.1 Å². The van der Waals surface area contributed by atoms with Gasteiger partial charge in [-0.05, 0) is 21.3 Å². The van der Waals surface area contributed by atoms with E-state index in [4.69, 9.17) is 15.5 Å². The summed E-state index contributed by atoms with van der Waals surface area (Å²) < 4.78 is 5.04. The lowest BCUT2D eigenvalue weighted by molar-refractivity contribution is -0.401. The van der Waals surface area contributed by atoms with Gasteiger partial charge in [-0.25, -0.2) is 0 Å². The highest BCUT2D eigenvalue weighted by atomic mass is 16.6. The summed E-state index contributed by atoms with van der Waals surface area (Å²) in [6, 6.07) is 0.263. The third-order valence-corrected chi connectivity index (χ3v) is 4.76. The van der Waals surface area contributed by atoms with Crippen molar-refractivity contribution in [3.8, 4) is 22.9 Å². The van der Waals surface area contributed by atoms with Crippen molar-refractivity contribution in [2.24, 2.45) is 10.2 Å². The summed E-state index contributed by atoms with van der Waals surface area (Å²) in [5, 5.41) is 81.9. The number of aromatic nitrogens is 2. The van der Waals surface area contributed by atoms with Crippen LogP contribution in [0, 0.1) is 60.7 Å². The first kappa shape index (κ1) is 28.2. The van der Waals surface area contributed by atoms with Crippen LogP contribution in [0.4, 0.5) is 45.5 Å². The Hall–Kier alpha value is -7.40. The lowest BCUT2D eigenvalue weighted by Gasteiger charge is -2.05. The van der Waals surface area contributed by atoms with E-state index in [0.29, 0.717) is 0 Å². The van der Waals surface area contributed by atoms with Crippen molar-refractivity contribution in [2.45, 2.75) is 0 Å². The number of azide groups is 2. The molecule has 41 heavy (non-hydrogen) atoms. The molecule has 0 saturated carbocycles. The molecule has 27 nitrogen and oxygen atoms in total. The summed E-state index contributed by atoms with van der Waals surface area (Å²) in [4.78, 5) is 65.7. The lowest BCUT2D eigenvalue weighted by Crippen LogP contribution is -2.02. The lowest BCUT2D eigenvalue weighted by atomic mass is 10.1. The van der Waals surface area contributed by atoms with Gasteiger partial charge in [0.15, 0.2) is 22.5 Å². The van der Waals surface area contributed by atoms with Gasteiger partial charge >= 0.3 is 11.4 Å². The second-order valence-electron chi connectivity index (χ2n) is 6.81. The van der Waals surface area contributed by atoms with Crippen molar-refractivity contribution in [3.63, 3.8) is 0 Å². The van der Waals surface area contributed by atoms with Crippen LogP contribution < -0.4 is 0 Å². The molecule has 0 radical (unpaired) electrons. The van der Waals surface area contributed by atoms with Crippen molar-refractivity contribution < 1.29 is 34.0 Å². The van der Waals surface area contributed by atoms with Crippen molar-refractivity contribution >= 4 is 45.5 Å². The van der Waals surface area contributed by atoms with Gasteiger partial charge in [-0.2, -0.15) is 0 Å². The van der Waals surface area contributed by atoms with Crippen molar-refractivity contribution in [3.05, 3.63) is 93.7 Å². The molecule has 2 aromatic carbocycles. The van der Waals surface area contributed by atoms with E-state index in [0.717, 1.165) is 0 Å². The van der Waals surface area contributed by atoms with Gasteiger partial charge in [-0.1, -0.05) is 0 Å². The van der Waals surface area contributed by atoms with Crippen LogP contribution in [0.3, 0.4) is 0 Å². The molecule has 0 spiro atoms. The fraction of sp³-hybridized carbons (Fsp3) is 0. The van der Waals surface area contributed by atoms with Crippen LogP contribution in [-0.4, -0.2) is 39.7 Å². The maximum absolute atomic E-state index is 11.8. The summed E-state index contributed by atoms with van der Waals surface area (Å²) >= 11 is 0. The molecular weight excluding hydrogens is 572 g/mol. The first-order chi connectivity index (χ1) is 19.3. The minimum atomic E-state index is -1.61. The summed E-state index contributed by atoms with van der Waals surface area (Å²) in [7, 11) is 0. The van der Waals surface area contributed by atoms with Gasteiger partial charge in [0.05, 0.1) is 41.7 Å². The molecule has 27 heteroatoms. The van der Waals surface area contributed by atoms with Crippen molar-refractivity contribution in [1.29, 1.82) is 0 Å². The van der Waals surface area contributed by atoms with E-state index >= 15 is 0 Å². The van der Waals surface area contributed by atoms with Gasteiger partial charge < -0.3 is 4.42 Å². The molecule has 0 amide bonds. The molecule has 0 N–H and O–H groups in total. The molecule has 206 valence electrons. The topological polar surface area (TPSA) is 395 Å². The summed E-state index contributed by atoms with van der Waals surface area (Å²) in [5.74, 6) is -2.59. The fourth-order valence-electron chi connectivity index (χ4n) is 3.32. The van der Waals surface area contributed by atoms with Gasteiger partial charge in [-0.3, -0.25) is 60.7 Å². The summed E-state index contributed by atoms with van der Waals surface area (Å²) in [6.07, 6.45) is 0. The molecule has 0 aliphatic rings. The molecule has 1 heterocycles. The molecule has 0 fully saturated rings. The highest BCUT2D eigenvalue weighted by molar-refractivity contribution is 5.92. The van der Waals surface area contributed by atoms with Gasteiger partial charge in [0.2, 0.25) is 0 Å². The van der Waals surface area contributed by atoms with E-state index in [1.54, 1.807) is 0 Å². The monoisotopic (exact) mass is 574 g/mol. The molecule has 3 rings (SSSR count). The molecular formula is C14H2N14O13. The second-order valence-corrected chi connectivity index (χ2v) is 6.81. The van der Waals surface area contributed by atoms with E-state index in [9.17, 15) is 60.7 Å². The number of rotatable bonds is 10.